The summed E-state index contributed by atoms with van der Waals surface area (Å²) in [5, 5.41) is 3.17. The third kappa shape index (κ3) is 4.30. The van der Waals surface area contributed by atoms with E-state index in [0.29, 0.717) is 35.6 Å². The molecule has 0 aliphatic rings. The fourth-order valence-electron chi connectivity index (χ4n) is 4.22. The second-order valence-corrected chi connectivity index (χ2v) is 10.5. The smallest absolute Gasteiger partial charge is 0.277 e. The molecule has 0 atom stereocenters. The number of fused-ring (bicyclic) bond motifs is 1. The van der Waals surface area contributed by atoms with Crippen LogP contribution in [0, 0.1) is 5.82 Å². The number of aromatic amines is 1. The zero-order chi connectivity index (χ0) is 24.7. The molecular formula is C26H23FN4O3S. The van der Waals surface area contributed by atoms with Crippen LogP contribution in [-0.4, -0.2) is 34.0 Å². The highest BCUT2D eigenvalue weighted by Gasteiger charge is 2.21. The van der Waals surface area contributed by atoms with Gasteiger partial charge in [0.25, 0.3) is 5.56 Å². The summed E-state index contributed by atoms with van der Waals surface area (Å²) < 4.78 is 40.9. The van der Waals surface area contributed by atoms with Gasteiger partial charge in [0.1, 0.15) is 5.82 Å². The van der Waals surface area contributed by atoms with E-state index in [1.54, 1.807) is 30.3 Å². The molecule has 3 aromatic carbocycles. The van der Waals surface area contributed by atoms with Crippen LogP contribution in [0.25, 0.3) is 28.2 Å². The lowest BCUT2D eigenvalue weighted by molar-refractivity contribution is 0.602. The summed E-state index contributed by atoms with van der Waals surface area (Å²) in [4.78, 5) is 18.4. The number of H-pyrrole nitrogens is 1. The van der Waals surface area contributed by atoms with Crippen molar-refractivity contribution in [3.63, 3.8) is 0 Å². The fraction of sp³-hybridized carbons (Fsp3) is 0.154. The van der Waals surface area contributed by atoms with E-state index in [0.717, 1.165) is 22.9 Å². The third-order valence-electron chi connectivity index (χ3n) is 6.08. The van der Waals surface area contributed by atoms with Gasteiger partial charge in [0, 0.05) is 24.4 Å². The molecule has 1 N–H and O–H groups in total. The molecule has 2 aromatic heterocycles. The van der Waals surface area contributed by atoms with Crippen molar-refractivity contribution in [1.82, 2.24) is 19.3 Å². The molecule has 178 valence electrons. The Bertz CT molecular complexity index is 1710. The van der Waals surface area contributed by atoms with Gasteiger partial charge in [-0.3, -0.25) is 9.89 Å². The van der Waals surface area contributed by atoms with E-state index >= 15 is 0 Å². The van der Waals surface area contributed by atoms with E-state index in [9.17, 15) is 17.6 Å². The minimum atomic E-state index is -3.44. The van der Waals surface area contributed by atoms with Crippen molar-refractivity contribution in [2.24, 2.45) is 7.05 Å². The molecule has 0 fully saturated rings. The highest BCUT2D eigenvalue weighted by molar-refractivity contribution is 7.90. The number of para-hydroxylation sites is 2. The first-order valence-electron chi connectivity index (χ1n) is 11.0. The minimum absolute atomic E-state index is 0.163. The van der Waals surface area contributed by atoms with Crippen LogP contribution in [0.2, 0.25) is 0 Å². The average Bonchev–Trinajstić information content (AvgIpc) is 3.35. The monoisotopic (exact) mass is 490 g/mol. The van der Waals surface area contributed by atoms with Crippen LogP contribution >= 0.6 is 0 Å². The summed E-state index contributed by atoms with van der Waals surface area (Å²) in [7, 11) is -1.60. The number of aromatic nitrogens is 4. The van der Waals surface area contributed by atoms with Gasteiger partial charge in [-0.1, -0.05) is 36.4 Å². The van der Waals surface area contributed by atoms with E-state index in [2.05, 4.69) is 10.1 Å². The Morgan fingerprint density at radius 2 is 1.71 bits per heavy atom. The number of hydrogen-bond acceptors (Lipinski definition) is 4. The lowest BCUT2D eigenvalue weighted by atomic mass is 10.0. The summed E-state index contributed by atoms with van der Waals surface area (Å²) in [6, 6.07) is 20.2. The van der Waals surface area contributed by atoms with Crippen molar-refractivity contribution in [3.8, 4) is 17.2 Å². The predicted molar refractivity (Wildman–Crippen MR) is 133 cm³/mol. The number of halogens is 1. The number of benzene rings is 3. The van der Waals surface area contributed by atoms with Gasteiger partial charge in [-0.05, 0) is 54.8 Å². The maximum atomic E-state index is 13.6. The maximum absolute atomic E-state index is 13.6. The van der Waals surface area contributed by atoms with E-state index in [4.69, 9.17) is 0 Å². The Labute approximate surface area is 201 Å². The van der Waals surface area contributed by atoms with Crippen LogP contribution in [0.5, 0.6) is 0 Å². The van der Waals surface area contributed by atoms with E-state index < -0.39 is 9.84 Å². The van der Waals surface area contributed by atoms with Crippen molar-refractivity contribution in [2.45, 2.75) is 17.7 Å². The van der Waals surface area contributed by atoms with Crippen LogP contribution in [0.4, 0.5) is 4.39 Å². The molecule has 0 saturated carbocycles. The van der Waals surface area contributed by atoms with Crippen LogP contribution < -0.4 is 5.56 Å². The molecule has 0 bridgehead atoms. The van der Waals surface area contributed by atoms with Gasteiger partial charge in [0.05, 0.1) is 21.6 Å². The van der Waals surface area contributed by atoms with Crippen LogP contribution in [0.15, 0.2) is 82.5 Å². The lowest BCUT2D eigenvalue weighted by Crippen LogP contribution is -2.20. The van der Waals surface area contributed by atoms with Gasteiger partial charge in [-0.25, -0.2) is 17.8 Å². The van der Waals surface area contributed by atoms with Crippen molar-refractivity contribution in [1.29, 1.82) is 0 Å². The molecule has 0 aliphatic carbocycles. The third-order valence-corrected chi connectivity index (χ3v) is 7.19. The quantitative estimate of drug-likeness (QED) is 0.389. The first-order valence-corrected chi connectivity index (χ1v) is 12.9. The molecular weight excluding hydrogens is 467 g/mol. The van der Waals surface area contributed by atoms with Crippen molar-refractivity contribution < 1.29 is 12.8 Å². The predicted octanol–water partition coefficient (Wildman–Crippen LogP) is 4.05. The normalized spacial score (nSPS) is 11.9. The summed E-state index contributed by atoms with van der Waals surface area (Å²) in [6.07, 6.45) is 2.03. The first kappa shape index (κ1) is 22.8. The van der Waals surface area contributed by atoms with E-state index in [1.165, 1.54) is 22.9 Å². The van der Waals surface area contributed by atoms with Gasteiger partial charge in [0.15, 0.2) is 9.84 Å². The van der Waals surface area contributed by atoms with Crippen molar-refractivity contribution in [3.05, 3.63) is 100 Å². The fourth-order valence-corrected chi connectivity index (χ4v) is 4.89. The largest absolute Gasteiger partial charge is 0.311 e. The zero-order valence-corrected chi connectivity index (χ0v) is 20.0. The number of nitrogens with one attached hydrogen (secondary N) is 1. The van der Waals surface area contributed by atoms with Gasteiger partial charge >= 0.3 is 0 Å². The molecule has 0 saturated heterocycles. The number of imidazole rings is 1. The summed E-state index contributed by atoms with van der Waals surface area (Å²) >= 11 is 0. The Morgan fingerprint density at radius 3 is 2.43 bits per heavy atom. The molecule has 0 amide bonds. The van der Waals surface area contributed by atoms with Gasteiger partial charge in [0.2, 0.25) is 5.95 Å². The summed E-state index contributed by atoms with van der Waals surface area (Å²) in [5.41, 5.74) is 3.83. The first-order chi connectivity index (χ1) is 16.7. The molecule has 0 spiro atoms. The van der Waals surface area contributed by atoms with Crippen molar-refractivity contribution >= 4 is 20.9 Å². The second-order valence-electron chi connectivity index (χ2n) is 8.49. The molecule has 2 heterocycles. The van der Waals surface area contributed by atoms with E-state index in [-0.39, 0.29) is 16.3 Å². The molecule has 5 aromatic rings. The Kier molecular flexibility index (Phi) is 5.64. The highest BCUT2D eigenvalue weighted by Crippen LogP contribution is 2.25. The standard InChI is InChI=1S/C26H23FN4O3S/c1-30-23-9-4-3-8-22(23)28-26(30)31-25(32)21(15-12-17-10-13-19(27)14-11-17)24(29-31)18-6-5-7-20(16-18)35(2,33)34/h3-11,13-14,16,29H,12,15H2,1-2H3. The molecule has 5 rings (SSSR count). The number of nitrogens with zero attached hydrogens (tertiary/aromatic N) is 3. The molecule has 0 aliphatic heterocycles. The lowest BCUT2D eigenvalue weighted by Gasteiger charge is -2.06. The molecule has 7 nitrogen and oxygen atoms in total. The van der Waals surface area contributed by atoms with Crippen LogP contribution in [0.3, 0.4) is 0 Å². The Morgan fingerprint density at radius 1 is 0.971 bits per heavy atom. The Balaban J connectivity index is 1.66. The van der Waals surface area contributed by atoms with Gasteiger partial charge in [-0.15, -0.1) is 0 Å². The summed E-state index contributed by atoms with van der Waals surface area (Å²) in [5.74, 6) is 0.0997. The highest BCUT2D eigenvalue weighted by atomic mass is 32.2. The van der Waals surface area contributed by atoms with E-state index in [1.807, 2.05) is 35.9 Å². The minimum Gasteiger partial charge on any atom is -0.311 e. The molecule has 35 heavy (non-hydrogen) atoms. The van der Waals surface area contributed by atoms with Crippen molar-refractivity contribution in [2.75, 3.05) is 6.26 Å². The molecule has 9 heteroatoms. The SMILES string of the molecule is Cn1c(-n2[nH]c(-c3cccc(S(C)(=O)=O)c3)c(CCc3ccc(F)cc3)c2=O)nc2ccccc21. The second kappa shape index (κ2) is 8.66. The number of aryl methyl sites for hydroxylation is 2. The molecule has 0 radical (unpaired) electrons. The van der Waals surface area contributed by atoms with Gasteiger partial charge < -0.3 is 4.57 Å². The van der Waals surface area contributed by atoms with Crippen LogP contribution in [0.1, 0.15) is 11.1 Å². The summed E-state index contributed by atoms with van der Waals surface area (Å²) in [6.45, 7) is 0. The average molecular weight is 491 g/mol. The number of rotatable bonds is 6. The van der Waals surface area contributed by atoms with Crippen LogP contribution in [-0.2, 0) is 29.7 Å². The Hall–Kier alpha value is -3.98. The number of sulfone groups is 1. The topological polar surface area (TPSA) is 89.8 Å². The van der Waals surface area contributed by atoms with Gasteiger partial charge in [-0.2, -0.15) is 4.68 Å². The maximum Gasteiger partial charge on any atom is 0.277 e. The molecule has 0 unspecified atom stereocenters. The zero-order valence-electron chi connectivity index (χ0n) is 19.2. The number of hydrogen-bond donors (Lipinski definition) is 1.